The lowest BCUT2D eigenvalue weighted by atomic mass is 9.88. The van der Waals surface area contributed by atoms with Crippen LogP contribution in [-0.2, 0) is 85.8 Å². The second-order valence-electron chi connectivity index (χ2n) is 21.4. The fourth-order valence-corrected chi connectivity index (χ4v) is 8.20. The standard InChI is InChI=1S/C54H86O18S3/c1-17-54(33-64-42(55)18-21-73-24-39(8)48(61)70-30-51(11,12)27-67-45(58)36(2)3,34-65-43(56)19-22-74-25-40(9)49(62)71-31-52(13,14)28-68-46(59)37(4)5)35-66-44(57)20-23-75-26-41(10)50(63)72-32-53(15,16)29-69-47(60)38(6)7/h39-41H,2,4,6,17-35H2,1,3,5,7-16H3. The summed E-state index contributed by atoms with van der Waals surface area (Å²) in [5.74, 6) is -3.86. The van der Waals surface area contributed by atoms with Crippen molar-refractivity contribution >= 4 is 89.0 Å². The zero-order valence-corrected chi connectivity index (χ0v) is 49.3. The van der Waals surface area contributed by atoms with E-state index in [1.807, 2.05) is 0 Å². The Morgan fingerprint density at radius 1 is 0.387 bits per heavy atom. The van der Waals surface area contributed by atoms with E-state index in [2.05, 4.69) is 19.7 Å². The minimum absolute atomic E-state index is 0.00454. The number of esters is 9. The van der Waals surface area contributed by atoms with E-state index in [9.17, 15) is 43.2 Å². The average molecular weight is 1120 g/mol. The van der Waals surface area contributed by atoms with Crippen LogP contribution in [0, 0.1) is 39.4 Å². The van der Waals surface area contributed by atoms with Crippen LogP contribution < -0.4 is 0 Å². The van der Waals surface area contributed by atoms with Crippen molar-refractivity contribution in [2.24, 2.45) is 39.4 Å². The zero-order chi connectivity index (χ0) is 57.6. The molecule has 0 aromatic carbocycles. The molecule has 3 atom stereocenters. The van der Waals surface area contributed by atoms with E-state index in [1.54, 1.807) is 90.0 Å². The summed E-state index contributed by atoms with van der Waals surface area (Å²) in [5.41, 5.74) is -2.13. The van der Waals surface area contributed by atoms with Crippen LogP contribution in [0.1, 0.15) is 116 Å². The second kappa shape index (κ2) is 35.8. The molecule has 75 heavy (non-hydrogen) atoms. The van der Waals surface area contributed by atoms with Gasteiger partial charge in [-0.2, -0.15) is 35.3 Å². The van der Waals surface area contributed by atoms with Crippen LogP contribution in [0.3, 0.4) is 0 Å². The minimum Gasteiger partial charge on any atom is -0.465 e. The van der Waals surface area contributed by atoms with E-state index in [0.717, 1.165) is 0 Å². The summed E-state index contributed by atoms with van der Waals surface area (Å²) in [6.07, 6.45) is 0.311. The molecule has 0 aromatic heterocycles. The number of carbonyl (C=O) groups is 9. The molecule has 3 unspecified atom stereocenters. The van der Waals surface area contributed by atoms with Gasteiger partial charge in [-0.25, -0.2) is 14.4 Å². The Balaban J connectivity index is 5.38. The van der Waals surface area contributed by atoms with Crippen molar-refractivity contribution in [2.75, 3.05) is 94.0 Å². The second-order valence-corrected chi connectivity index (χ2v) is 24.8. The molecule has 0 bridgehead atoms. The highest BCUT2D eigenvalue weighted by molar-refractivity contribution is 7.99. The molecule has 0 saturated heterocycles. The highest BCUT2D eigenvalue weighted by atomic mass is 32.2. The SMILES string of the molecule is C=C(C)C(=O)OCC(C)(C)COC(=O)C(C)CSCCC(=O)OCC(CC)(COC(=O)CCSCC(C)C(=O)OCC(C)(C)COC(=O)C(=C)C)COC(=O)CCSCC(C)C(=O)OCC(C)(C)COC(=O)C(=C)C. The third kappa shape index (κ3) is 33.3. The first kappa shape index (κ1) is 70.5. The van der Waals surface area contributed by atoms with Crippen LogP contribution in [0.5, 0.6) is 0 Å². The number of carbonyl (C=O) groups excluding carboxylic acids is 9. The van der Waals surface area contributed by atoms with Crippen LogP contribution in [-0.4, -0.2) is 148 Å². The molecule has 0 aliphatic carbocycles. The minimum atomic E-state index is -1.09. The van der Waals surface area contributed by atoms with Crippen LogP contribution >= 0.6 is 35.3 Å². The van der Waals surface area contributed by atoms with Crippen molar-refractivity contribution in [1.82, 2.24) is 0 Å². The summed E-state index contributed by atoms with van der Waals surface area (Å²) in [6, 6.07) is 0. The summed E-state index contributed by atoms with van der Waals surface area (Å²) >= 11 is 4.10. The summed E-state index contributed by atoms with van der Waals surface area (Å²) in [6.45, 7) is 32.6. The first-order chi connectivity index (χ1) is 34.8. The molecule has 0 N–H and O–H groups in total. The van der Waals surface area contributed by atoms with Gasteiger partial charge in [-0.05, 0) is 27.2 Å². The Hall–Kier alpha value is -4.50. The lowest BCUT2D eigenvalue weighted by Gasteiger charge is -2.31. The molecule has 428 valence electrons. The van der Waals surface area contributed by atoms with Gasteiger partial charge in [-0.3, -0.25) is 28.8 Å². The quantitative estimate of drug-likeness (QED) is 0.0242. The molecule has 0 spiro atoms. The lowest BCUT2D eigenvalue weighted by molar-refractivity contribution is -0.162. The molecule has 0 fully saturated rings. The van der Waals surface area contributed by atoms with Crippen LogP contribution in [0.15, 0.2) is 36.5 Å². The monoisotopic (exact) mass is 1120 g/mol. The van der Waals surface area contributed by atoms with Gasteiger partial charge in [0.15, 0.2) is 0 Å². The Morgan fingerprint density at radius 3 is 0.827 bits per heavy atom. The molecule has 0 aliphatic heterocycles. The third-order valence-electron chi connectivity index (χ3n) is 10.7. The Bertz CT molecular complexity index is 1730. The molecule has 0 saturated carbocycles. The average Bonchev–Trinajstić information content (AvgIpc) is 3.35. The highest BCUT2D eigenvalue weighted by Crippen LogP contribution is 2.27. The van der Waals surface area contributed by atoms with E-state index in [1.165, 1.54) is 35.3 Å². The lowest BCUT2D eigenvalue weighted by Crippen LogP contribution is -2.39. The van der Waals surface area contributed by atoms with Gasteiger partial charge in [0.1, 0.15) is 19.8 Å². The molecule has 18 nitrogen and oxygen atoms in total. The molecule has 0 rings (SSSR count). The Labute approximate surface area is 458 Å². The van der Waals surface area contributed by atoms with Crippen LogP contribution in [0.4, 0.5) is 0 Å². The van der Waals surface area contributed by atoms with Crippen LogP contribution in [0.2, 0.25) is 0 Å². The topological polar surface area (TPSA) is 237 Å². The molecule has 0 aliphatic rings. The van der Waals surface area contributed by atoms with E-state index in [4.69, 9.17) is 42.6 Å². The number of hydrogen-bond donors (Lipinski definition) is 0. The van der Waals surface area contributed by atoms with Gasteiger partial charge in [-0.1, -0.05) is 89.0 Å². The van der Waals surface area contributed by atoms with Crippen molar-refractivity contribution in [3.8, 4) is 0 Å². The van der Waals surface area contributed by atoms with Gasteiger partial charge in [0.05, 0.1) is 82.1 Å². The van der Waals surface area contributed by atoms with Crippen molar-refractivity contribution in [2.45, 2.75) is 116 Å². The van der Waals surface area contributed by atoms with Crippen molar-refractivity contribution in [3.05, 3.63) is 36.5 Å². The normalized spacial score (nSPS) is 13.6. The molecular formula is C54H86O18S3. The van der Waals surface area contributed by atoms with Crippen molar-refractivity contribution in [1.29, 1.82) is 0 Å². The molecule has 0 heterocycles. The molecule has 21 heteroatoms. The molecule has 0 aromatic rings. The maximum Gasteiger partial charge on any atom is 0.333 e. The van der Waals surface area contributed by atoms with Gasteiger partial charge in [0.25, 0.3) is 0 Å². The molecule has 0 amide bonds. The third-order valence-corrected chi connectivity index (χ3v) is 14.4. The van der Waals surface area contributed by atoms with Gasteiger partial charge in [0.2, 0.25) is 0 Å². The van der Waals surface area contributed by atoms with E-state index in [0.29, 0.717) is 40.9 Å². The van der Waals surface area contributed by atoms with Gasteiger partial charge in [0, 0.05) is 67.5 Å². The van der Waals surface area contributed by atoms with Gasteiger partial charge >= 0.3 is 53.7 Å². The molecular weight excluding hydrogens is 1030 g/mol. The Kier molecular flexibility index (Phi) is 33.6. The maximum atomic E-state index is 13.0. The van der Waals surface area contributed by atoms with E-state index >= 15 is 0 Å². The van der Waals surface area contributed by atoms with Crippen molar-refractivity contribution in [3.63, 3.8) is 0 Å². The van der Waals surface area contributed by atoms with Crippen LogP contribution in [0.25, 0.3) is 0 Å². The van der Waals surface area contributed by atoms with E-state index in [-0.39, 0.29) is 95.4 Å². The summed E-state index contributed by atoms with van der Waals surface area (Å²) in [7, 11) is 0. The first-order valence-electron chi connectivity index (χ1n) is 24.9. The Morgan fingerprint density at radius 2 is 0.613 bits per heavy atom. The predicted molar refractivity (Wildman–Crippen MR) is 290 cm³/mol. The predicted octanol–water partition coefficient (Wildman–Crippen LogP) is 8.36. The summed E-state index contributed by atoms with van der Waals surface area (Å²) < 4.78 is 49.1. The number of hydrogen-bond acceptors (Lipinski definition) is 21. The number of rotatable bonds is 40. The van der Waals surface area contributed by atoms with Crippen molar-refractivity contribution < 1.29 is 85.8 Å². The summed E-state index contributed by atoms with van der Waals surface area (Å²) in [5, 5.41) is 0. The number of thioether (sulfide) groups is 3. The fraction of sp³-hybridized carbons (Fsp3) is 0.722. The number of ether oxygens (including phenoxy) is 9. The fourth-order valence-electron chi connectivity index (χ4n) is 5.30. The zero-order valence-electron chi connectivity index (χ0n) is 46.9. The summed E-state index contributed by atoms with van der Waals surface area (Å²) in [4.78, 5) is 112. The first-order valence-corrected chi connectivity index (χ1v) is 28.4. The maximum absolute atomic E-state index is 13.0. The van der Waals surface area contributed by atoms with E-state index < -0.39 is 93.1 Å². The largest absolute Gasteiger partial charge is 0.465 e. The highest BCUT2D eigenvalue weighted by Gasteiger charge is 2.35. The smallest absolute Gasteiger partial charge is 0.333 e. The van der Waals surface area contributed by atoms with Gasteiger partial charge in [-0.15, -0.1) is 0 Å². The molecule has 0 radical (unpaired) electrons. The van der Waals surface area contributed by atoms with Gasteiger partial charge < -0.3 is 42.6 Å².